The van der Waals surface area contributed by atoms with E-state index in [2.05, 4.69) is 15.2 Å². The lowest BCUT2D eigenvalue weighted by molar-refractivity contribution is 0.0909. The number of carbonyl (C=O) groups excluding carboxylic acids is 1. The van der Waals surface area contributed by atoms with E-state index in [1.165, 1.54) is 32.1 Å². The van der Waals surface area contributed by atoms with Crippen LogP contribution < -0.4 is 10.1 Å². The van der Waals surface area contributed by atoms with Gasteiger partial charge in [-0.1, -0.05) is 0 Å². The van der Waals surface area contributed by atoms with Crippen LogP contribution in [0.25, 0.3) is 0 Å². The summed E-state index contributed by atoms with van der Waals surface area (Å²) in [6, 6.07) is 7.29. The highest BCUT2D eigenvalue weighted by atomic mass is 16.6. The van der Waals surface area contributed by atoms with Gasteiger partial charge >= 0.3 is 5.95 Å². The van der Waals surface area contributed by atoms with Crippen molar-refractivity contribution in [3.63, 3.8) is 0 Å². The van der Waals surface area contributed by atoms with E-state index in [9.17, 15) is 4.79 Å². The molecule has 6 nitrogen and oxygen atoms in total. The number of aromatic nitrogens is 1. The van der Waals surface area contributed by atoms with Crippen molar-refractivity contribution in [1.29, 1.82) is 0 Å². The molecular formula is C17H19N3O3. The van der Waals surface area contributed by atoms with E-state index in [0.717, 1.165) is 18.9 Å². The molecule has 120 valence electrons. The van der Waals surface area contributed by atoms with Crippen molar-refractivity contribution < 1.29 is 13.9 Å². The molecule has 0 aliphatic carbocycles. The Morgan fingerprint density at radius 3 is 2.91 bits per heavy atom. The number of benzene rings is 1. The highest BCUT2D eigenvalue weighted by Gasteiger charge is 2.32. The standard InChI is InChI=1S/C17H19N3O3/c21-17(19-14-7-12-5-6-20(9-12)10-14)13-1-3-15(4-2-13)23-16-8-18-11-22-16/h1-4,8,11-12,14H,5-7,9-10H2,(H,19,21). The maximum atomic E-state index is 12.4. The molecule has 1 aromatic carbocycles. The Bertz CT molecular complexity index is 657. The van der Waals surface area contributed by atoms with Gasteiger partial charge in [0.25, 0.3) is 5.91 Å². The van der Waals surface area contributed by atoms with E-state index in [1.54, 1.807) is 24.3 Å². The number of piperidine rings is 1. The quantitative estimate of drug-likeness (QED) is 0.938. The maximum absolute atomic E-state index is 12.4. The van der Waals surface area contributed by atoms with Crippen molar-refractivity contribution in [2.45, 2.75) is 18.9 Å². The number of ether oxygens (including phenoxy) is 1. The van der Waals surface area contributed by atoms with E-state index in [-0.39, 0.29) is 11.9 Å². The third kappa shape index (κ3) is 3.22. The Kier molecular flexibility index (Phi) is 3.75. The van der Waals surface area contributed by atoms with Gasteiger partial charge in [-0.15, -0.1) is 0 Å². The van der Waals surface area contributed by atoms with Crippen molar-refractivity contribution >= 4 is 5.91 Å². The molecule has 2 fully saturated rings. The van der Waals surface area contributed by atoms with Crippen LogP contribution in [0.2, 0.25) is 0 Å². The summed E-state index contributed by atoms with van der Waals surface area (Å²) < 4.78 is 10.5. The van der Waals surface area contributed by atoms with Crippen LogP contribution in [0.15, 0.2) is 41.3 Å². The predicted molar refractivity (Wildman–Crippen MR) is 83.4 cm³/mol. The topological polar surface area (TPSA) is 67.6 Å². The first-order valence-corrected chi connectivity index (χ1v) is 7.96. The molecule has 0 saturated carbocycles. The van der Waals surface area contributed by atoms with Crippen LogP contribution in [0.1, 0.15) is 23.2 Å². The summed E-state index contributed by atoms with van der Waals surface area (Å²) in [5, 5.41) is 3.15. The number of nitrogens with one attached hydrogen (secondary N) is 1. The van der Waals surface area contributed by atoms with E-state index in [4.69, 9.17) is 9.15 Å². The number of rotatable bonds is 4. The molecule has 3 unspecified atom stereocenters. The van der Waals surface area contributed by atoms with Gasteiger partial charge in [0, 0.05) is 24.7 Å². The number of amides is 1. The fourth-order valence-corrected chi connectivity index (χ4v) is 3.48. The summed E-state index contributed by atoms with van der Waals surface area (Å²) in [5.41, 5.74) is 0.642. The highest BCUT2D eigenvalue weighted by molar-refractivity contribution is 5.94. The zero-order valence-electron chi connectivity index (χ0n) is 12.8. The average molecular weight is 313 g/mol. The van der Waals surface area contributed by atoms with Crippen LogP contribution in [0, 0.1) is 5.92 Å². The maximum Gasteiger partial charge on any atom is 0.310 e. The average Bonchev–Trinajstić information content (AvgIpc) is 3.18. The minimum absolute atomic E-state index is 0.0243. The van der Waals surface area contributed by atoms with Gasteiger partial charge in [-0.25, -0.2) is 4.98 Å². The molecule has 2 aromatic rings. The van der Waals surface area contributed by atoms with Gasteiger partial charge in [-0.05, 0) is 49.6 Å². The van der Waals surface area contributed by atoms with E-state index in [1.807, 2.05) is 0 Å². The molecule has 1 amide bonds. The first-order valence-electron chi connectivity index (χ1n) is 7.96. The Balaban J connectivity index is 1.36. The summed E-state index contributed by atoms with van der Waals surface area (Å²) in [5.74, 6) is 1.66. The monoisotopic (exact) mass is 313 g/mol. The Morgan fingerprint density at radius 2 is 2.17 bits per heavy atom. The van der Waals surface area contributed by atoms with Crippen LogP contribution >= 0.6 is 0 Å². The minimum Gasteiger partial charge on any atom is -0.425 e. The Hall–Kier alpha value is -2.34. The molecule has 4 rings (SSSR count). The second-order valence-electron chi connectivity index (χ2n) is 6.27. The van der Waals surface area contributed by atoms with Gasteiger partial charge in [0.2, 0.25) is 0 Å². The van der Waals surface area contributed by atoms with Crippen LogP contribution in [0.3, 0.4) is 0 Å². The lowest BCUT2D eigenvalue weighted by atomic mass is 9.96. The zero-order chi connectivity index (χ0) is 15.6. The molecule has 2 bridgehead atoms. The molecule has 2 saturated heterocycles. The third-order valence-corrected chi connectivity index (χ3v) is 4.55. The number of hydrogen-bond acceptors (Lipinski definition) is 5. The molecule has 0 radical (unpaired) electrons. The molecule has 3 atom stereocenters. The number of fused-ring (bicyclic) bond motifs is 2. The Morgan fingerprint density at radius 1 is 1.30 bits per heavy atom. The van der Waals surface area contributed by atoms with E-state index >= 15 is 0 Å². The summed E-state index contributed by atoms with van der Waals surface area (Å²) in [6.45, 7) is 3.33. The zero-order valence-corrected chi connectivity index (χ0v) is 12.8. The molecule has 1 aromatic heterocycles. The van der Waals surface area contributed by atoms with Gasteiger partial charge < -0.3 is 19.4 Å². The lowest BCUT2D eigenvalue weighted by Gasteiger charge is -2.30. The molecule has 2 aliphatic rings. The van der Waals surface area contributed by atoms with Gasteiger partial charge in [-0.3, -0.25) is 4.79 Å². The number of hydrogen-bond donors (Lipinski definition) is 1. The second-order valence-corrected chi connectivity index (χ2v) is 6.27. The van der Waals surface area contributed by atoms with Crippen molar-refractivity contribution in [3.05, 3.63) is 42.4 Å². The predicted octanol–water partition coefficient (Wildman–Crippen LogP) is 2.29. The normalized spacial score (nSPS) is 26.0. The van der Waals surface area contributed by atoms with Crippen molar-refractivity contribution in [2.24, 2.45) is 5.92 Å². The molecule has 1 N–H and O–H groups in total. The van der Waals surface area contributed by atoms with Gasteiger partial charge in [0.15, 0.2) is 6.39 Å². The summed E-state index contributed by atoms with van der Waals surface area (Å²) in [6.07, 6.45) is 5.16. The largest absolute Gasteiger partial charge is 0.425 e. The van der Waals surface area contributed by atoms with Crippen molar-refractivity contribution in [1.82, 2.24) is 15.2 Å². The lowest BCUT2D eigenvalue weighted by Crippen LogP contribution is -2.46. The molecular weight excluding hydrogens is 294 g/mol. The van der Waals surface area contributed by atoms with Crippen LogP contribution in [-0.4, -0.2) is 41.5 Å². The molecule has 23 heavy (non-hydrogen) atoms. The van der Waals surface area contributed by atoms with Crippen molar-refractivity contribution in [2.75, 3.05) is 19.6 Å². The number of nitrogens with zero attached hydrogens (tertiary/aromatic N) is 2. The van der Waals surface area contributed by atoms with E-state index in [0.29, 0.717) is 17.3 Å². The van der Waals surface area contributed by atoms with Crippen LogP contribution in [0.5, 0.6) is 11.7 Å². The van der Waals surface area contributed by atoms with E-state index < -0.39 is 0 Å². The summed E-state index contributed by atoms with van der Waals surface area (Å²) >= 11 is 0. The fraction of sp³-hybridized carbons (Fsp3) is 0.412. The summed E-state index contributed by atoms with van der Waals surface area (Å²) in [4.78, 5) is 18.6. The van der Waals surface area contributed by atoms with Crippen LogP contribution in [-0.2, 0) is 0 Å². The molecule has 2 aliphatic heterocycles. The summed E-state index contributed by atoms with van der Waals surface area (Å²) in [7, 11) is 0. The highest BCUT2D eigenvalue weighted by Crippen LogP contribution is 2.27. The smallest absolute Gasteiger partial charge is 0.310 e. The minimum atomic E-state index is -0.0243. The van der Waals surface area contributed by atoms with Crippen molar-refractivity contribution in [3.8, 4) is 11.7 Å². The van der Waals surface area contributed by atoms with Gasteiger partial charge in [0.1, 0.15) is 11.9 Å². The van der Waals surface area contributed by atoms with Gasteiger partial charge in [0.05, 0.1) is 0 Å². The Labute approximate surface area is 134 Å². The SMILES string of the molecule is O=C(NC1CC2CCN(C2)C1)c1ccc(Oc2cnco2)cc1. The first-order chi connectivity index (χ1) is 11.3. The third-order valence-electron chi connectivity index (χ3n) is 4.55. The van der Waals surface area contributed by atoms with Crippen LogP contribution in [0.4, 0.5) is 0 Å². The number of oxazole rings is 1. The second kappa shape index (κ2) is 6.04. The molecule has 0 spiro atoms. The molecule has 3 heterocycles. The fourth-order valence-electron chi connectivity index (χ4n) is 3.48. The van der Waals surface area contributed by atoms with Gasteiger partial charge in [-0.2, -0.15) is 0 Å². The first kappa shape index (κ1) is 14.3. The number of carbonyl (C=O) groups is 1. The molecule has 6 heteroatoms.